The van der Waals surface area contributed by atoms with Gasteiger partial charge >= 0.3 is 0 Å². The number of hydrogen-bond acceptors (Lipinski definition) is 22. The Morgan fingerprint density at radius 2 is 0.581 bits per heavy atom. The number of rotatable bonds is 21. The third-order valence-corrected chi connectivity index (χ3v) is 20.8. The first-order chi connectivity index (χ1) is 45.0. The zero-order chi connectivity index (χ0) is 68.4. The first-order valence-electron chi connectivity index (χ1n) is 35.1. The van der Waals surface area contributed by atoms with Crippen LogP contribution in [0.5, 0.6) is 0 Å². The van der Waals surface area contributed by atoms with E-state index in [4.69, 9.17) is 30.6 Å². The molecule has 6 N–H and O–H groups in total. The Hall–Kier alpha value is -5.20. The van der Waals surface area contributed by atoms with Crippen LogP contribution in [-0.2, 0) is 38.4 Å². The van der Waals surface area contributed by atoms with Crippen molar-refractivity contribution in [1.82, 2.24) is 0 Å². The number of aliphatic hydroxyl groups is 6. The highest BCUT2D eigenvalue weighted by atomic mass is 16.3. The number of carbonyl (C=O) groups excluding carboxylic acids is 8. The average Bonchev–Trinajstić information content (AvgIpc) is 0.876. The lowest BCUT2D eigenvalue weighted by molar-refractivity contribution is 0.0915. The minimum absolute atomic E-state index is 0.00750. The highest BCUT2D eigenvalue weighted by Gasteiger charge is 2.41. The summed E-state index contributed by atoms with van der Waals surface area (Å²) >= 11 is 0. The summed E-state index contributed by atoms with van der Waals surface area (Å²) in [6.07, 6.45) is 47.7. The van der Waals surface area contributed by atoms with E-state index in [2.05, 4.69) is 60.7 Å². The first-order valence-corrected chi connectivity index (χ1v) is 35.1. The lowest BCUT2D eigenvalue weighted by Gasteiger charge is -2.44. The maximum atomic E-state index is 10.3. The van der Waals surface area contributed by atoms with Gasteiger partial charge in [-0.1, -0.05) is 33.6 Å². The van der Waals surface area contributed by atoms with Gasteiger partial charge in [-0.15, -0.1) is 0 Å². The molecule has 6 atom stereocenters. The van der Waals surface area contributed by atoms with E-state index in [1.54, 1.807) is 48.6 Å². The lowest BCUT2D eigenvalue weighted by Crippen LogP contribution is -2.39. The smallest absolute Gasteiger partial charge is 0.235 e. The molecule has 0 bridgehead atoms. The van der Waals surface area contributed by atoms with E-state index < -0.39 is 0 Å². The highest BCUT2D eigenvalue weighted by Crippen LogP contribution is 2.47. The fraction of sp³-hybridized carbons (Fsp3) is 0.887. The molecule has 0 heterocycles. The van der Waals surface area contributed by atoms with Gasteiger partial charge in [0.2, 0.25) is 48.6 Å². The van der Waals surface area contributed by atoms with Crippen molar-refractivity contribution in [2.75, 3.05) is 72.4 Å². The third kappa shape index (κ3) is 38.8. The van der Waals surface area contributed by atoms with Gasteiger partial charge in [-0.3, -0.25) is 0 Å². The molecule has 93 heavy (non-hydrogen) atoms. The second kappa shape index (κ2) is 52.0. The molecule has 8 fully saturated rings. The van der Waals surface area contributed by atoms with Crippen LogP contribution in [-0.4, -0.2) is 170 Å². The third-order valence-electron chi connectivity index (χ3n) is 20.8. The SMILES string of the molecule is CC1(C)CC(N=C=O)CC(C)(CN=C=O)C1.O=C=NC1CCC(CC2CCC(N=C=O)CC2)CC1.O=C=NCC1CCC(CN=C=O)CC1.O=C=NCC1CCCC(CN=C=O)C1.OCC1CCC(CO)CC1.OCC1CCC(CO)CC1.OCC1CCCC(CO)C1. The van der Waals surface area contributed by atoms with Crippen LogP contribution in [0.15, 0.2) is 39.9 Å². The molecule has 0 saturated heterocycles. The van der Waals surface area contributed by atoms with Crippen molar-refractivity contribution in [1.29, 1.82) is 0 Å². The van der Waals surface area contributed by atoms with Crippen LogP contribution in [0.25, 0.3) is 0 Å². The zero-order valence-corrected chi connectivity index (χ0v) is 56.6. The first kappa shape index (κ1) is 83.9. The Kier molecular flexibility index (Phi) is 47.0. The van der Waals surface area contributed by atoms with Crippen molar-refractivity contribution in [3.8, 4) is 0 Å². The van der Waals surface area contributed by atoms with Crippen LogP contribution in [0.1, 0.15) is 226 Å². The fourth-order valence-electron chi connectivity index (χ4n) is 15.7. The number of aliphatic hydroxyl groups excluding tert-OH is 6. The van der Waals surface area contributed by atoms with Gasteiger partial charge < -0.3 is 30.6 Å². The van der Waals surface area contributed by atoms with Crippen LogP contribution in [0.3, 0.4) is 0 Å². The van der Waals surface area contributed by atoms with E-state index in [-0.39, 0.29) is 29.0 Å². The fourth-order valence-corrected chi connectivity index (χ4v) is 15.7. The molecule has 8 aliphatic carbocycles. The summed E-state index contributed by atoms with van der Waals surface area (Å²) in [6, 6.07) is 0.464. The summed E-state index contributed by atoms with van der Waals surface area (Å²) in [5.74, 6) is 6.58. The van der Waals surface area contributed by atoms with Gasteiger partial charge in [-0.25, -0.2) is 78.3 Å². The van der Waals surface area contributed by atoms with E-state index >= 15 is 0 Å². The Morgan fingerprint density at radius 1 is 0.301 bits per heavy atom. The monoisotopic (exact) mass is 1300 g/mol. The van der Waals surface area contributed by atoms with Crippen LogP contribution in [0.2, 0.25) is 0 Å². The largest absolute Gasteiger partial charge is 0.396 e. The Balaban J connectivity index is 0.000000374. The maximum Gasteiger partial charge on any atom is 0.235 e. The molecule has 8 saturated carbocycles. The van der Waals surface area contributed by atoms with Crippen LogP contribution in [0.4, 0.5) is 0 Å². The minimum atomic E-state index is -0.0653. The normalized spacial score (nSPS) is 31.6. The number of aliphatic imine (C=N–C) groups is 8. The van der Waals surface area contributed by atoms with E-state index in [0.717, 1.165) is 179 Å². The van der Waals surface area contributed by atoms with Gasteiger partial charge in [0.05, 0.1) is 50.8 Å². The molecule has 22 heteroatoms. The van der Waals surface area contributed by atoms with Gasteiger partial charge in [-0.2, -0.15) is 0 Å². The van der Waals surface area contributed by atoms with Crippen molar-refractivity contribution in [2.45, 2.75) is 244 Å². The molecule has 0 radical (unpaired) electrons. The van der Waals surface area contributed by atoms with Crippen LogP contribution < -0.4 is 0 Å². The second-order valence-corrected chi connectivity index (χ2v) is 29.1. The summed E-state index contributed by atoms with van der Waals surface area (Å²) in [5.41, 5.74) is 0.0561. The van der Waals surface area contributed by atoms with Gasteiger partial charge in [-0.05, 0) is 274 Å². The molecule has 22 nitrogen and oxygen atoms in total. The van der Waals surface area contributed by atoms with Crippen LogP contribution in [0, 0.1) is 81.8 Å². The number of nitrogens with zero attached hydrogens (tertiary/aromatic N) is 8. The second-order valence-electron chi connectivity index (χ2n) is 29.1. The van der Waals surface area contributed by atoms with E-state index in [0.29, 0.717) is 132 Å². The zero-order valence-electron chi connectivity index (χ0n) is 56.6. The summed E-state index contributed by atoms with van der Waals surface area (Å²) in [5, 5.41) is 52.8. The molecule has 0 amide bonds. The van der Waals surface area contributed by atoms with Gasteiger partial charge in [0, 0.05) is 39.6 Å². The summed E-state index contributed by atoms with van der Waals surface area (Å²) in [6.45, 7) is 11.1. The predicted octanol–water partition coefficient (Wildman–Crippen LogP) is 10.7. The predicted molar refractivity (Wildman–Crippen MR) is 355 cm³/mol. The molecular weight excluding hydrogens is 1190 g/mol. The lowest BCUT2D eigenvalue weighted by atomic mass is 9.63. The number of isocyanates is 8. The molecule has 0 aromatic rings. The van der Waals surface area contributed by atoms with E-state index in [1.165, 1.54) is 38.5 Å². The molecule has 524 valence electrons. The minimum Gasteiger partial charge on any atom is -0.396 e. The summed E-state index contributed by atoms with van der Waals surface area (Å²) in [7, 11) is 0. The van der Waals surface area contributed by atoms with Crippen molar-refractivity contribution >= 4 is 48.6 Å². The molecule has 8 rings (SSSR count). The van der Waals surface area contributed by atoms with E-state index in [1.807, 2.05) is 0 Å². The van der Waals surface area contributed by atoms with Crippen LogP contribution >= 0.6 is 0 Å². The average molecular weight is 1310 g/mol. The quantitative estimate of drug-likeness (QED) is 0.0460. The molecule has 0 aromatic heterocycles. The summed E-state index contributed by atoms with van der Waals surface area (Å²) in [4.78, 5) is 110. The van der Waals surface area contributed by atoms with E-state index in [9.17, 15) is 38.4 Å². The molecule has 8 aliphatic rings. The van der Waals surface area contributed by atoms with Crippen molar-refractivity contribution < 1.29 is 69.0 Å². The Labute approximate surface area is 553 Å². The van der Waals surface area contributed by atoms with Crippen molar-refractivity contribution in [3.63, 3.8) is 0 Å². The Morgan fingerprint density at radius 3 is 0.892 bits per heavy atom. The Bertz CT molecular complexity index is 2240. The molecule has 6 unspecified atom stereocenters. The number of hydrogen-bond donors (Lipinski definition) is 6. The maximum absolute atomic E-state index is 10.3. The molecule has 0 aromatic carbocycles. The van der Waals surface area contributed by atoms with Gasteiger partial charge in [0.25, 0.3) is 0 Å². The van der Waals surface area contributed by atoms with Gasteiger partial charge in [0.15, 0.2) is 0 Å². The standard InChI is InChI=1S/C15H22N2O2.C12H18N2O2.2C10H14N2O2.3C8H16O2/c18-10-16-14-5-1-12(2-6-14)9-13-3-7-15(8-4-13)17-11-19;1-11(2)4-10(14-9-16)5-12(3,6-11)7-13-8-15;13-7-11-5-9-1-2-10(4-3-9)6-12-8-14;13-7-11-5-9-2-1-3-10(4-9)6-12-8-14;2*9-5-7-1-2-8(6-10)4-3-7;9-5-7-2-1-3-8(4-7)6-10/h12-15H,1-9H2;10H,4-7H2,1-3H3;2*9-10H,1-6H2;3*7-10H,1-6H2. The summed E-state index contributed by atoms with van der Waals surface area (Å²) < 4.78 is 0. The van der Waals surface area contributed by atoms with Gasteiger partial charge in [0.1, 0.15) is 0 Å². The highest BCUT2D eigenvalue weighted by molar-refractivity contribution is 5.35. The molecule has 0 spiro atoms. The molecule has 0 aliphatic heterocycles. The van der Waals surface area contributed by atoms with Crippen molar-refractivity contribution in [2.24, 2.45) is 122 Å². The van der Waals surface area contributed by atoms with Crippen molar-refractivity contribution in [3.05, 3.63) is 0 Å². The topological polar surface area (TPSA) is 357 Å². The molecular formula is C71H116N8O14.